The van der Waals surface area contributed by atoms with E-state index in [1.54, 1.807) is 0 Å². The zero-order valence-electron chi connectivity index (χ0n) is 13.4. The van der Waals surface area contributed by atoms with Gasteiger partial charge >= 0.3 is 0 Å². The first-order valence-corrected chi connectivity index (χ1v) is 7.54. The largest absolute Gasteiger partial charge is 0.344 e. The summed E-state index contributed by atoms with van der Waals surface area (Å²) >= 11 is 0. The van der Waals surface area contributed by atoms with E-state index < -0.39 is 0 Å². The molecule has 0 aliphatic heterocycles. The van der Waals surface area contributed by atoms with Crippen molar-refractivity contribution in [1.82, 2.24) is 10.2 Å². The molecule has 1 fully saturated rings. The molecule has 1 amide bonds. The highest BCUT2D eigenvalue weighted by molar-refractivity contribution is 5.85. The lowest BCUT2D eigenvalue weighted by Crippen LogP contribution is -2.34. The Bertz CT molecular complexity index is 458. The van der Waals surface area contributed by atoms with Gasteiger partial charge in [-0.05, 0) is 36.4 Å². The van der Waals surface area contributed by atoms with Gasteiger partial charge in [-0.25, -0.2) is 0 Å². The molecule has 4 heteroatoms. The van der Waals surface area contributed by atoms with Gasteiger partial charge < -0.3 is 10.2 Å². The van der Waals surface area contributed by atoms with Crippen LogP contribution in [0.5, 0.6) is 0 Å². The second-order valence-corrected chi connectivity index (χ2v) is 6.13. The molecule has 21 heavy (non-hydrogen) atoms. The summed E-state index contributed by atoms with van der Waals surface area (Å²) in [6.45, 7) is 6.04. The second-order valence-electron chi connectivity index (χ2n) is 6.13. The number of rotatable bonds is 6. The fourth-order valence-electron chi connectivity index (χ4n) is 2.64. The molecule has 1 N–H and O–H groups in total. The fourth-order valence-corrected chi connectivity index (χ4v) is 2.64. The van der Waals surface area contributed by atoms with Crippen LogP contribution in [-0.2, 0) is 4.79 Å². The predicted molar refractivity (Wildman–Crippen MR) is 90.2 cm³/mol. The van der Waals surface area contributed by atoms with Gasteiger partial charge in [0.15, 0.2) is 0 Å². The average molecular weight is 311 g/mol. The second kappa shape index (κ2) is 7.81. The number of hydrogen-bond acceptors (Lipinski definition) is 2. The maximum atomic E-state index is 12.3. The number of carbonyl (C=O) groups excluding carboxylic acids is 1. The molecule has 0 radical (unpaired) electrons. The van der Waals surface area contributed by atoms with Crippen LogP contribution in [0.25, 0.3) is 0 Å². The minimum atomic E-state index is 0. The van der Waals surface area contributed by atoms with Gasteiger partial charge in [-0.3, -0.25) is 4.79 Å². The molecule has 0 aromatic heterocycles. The molecule has 2 atom stereocenters. The third-order valence-corrected chi connectivity index (χ3v) is 4.21. The summed E-state index contributed by atoms with van der Waals surface area (Å²) < 4.78 is 0. The lowest BCUT2D eigenvalue weighted by atomic mass is 10.00. The van der Waals surface area contributed by atoms with Crippen LogP contribution >= 0.6 is 12.4 Å². The smallest absolute Gasteiger partial charge is 0.226 e. The van der Waals surface area contributed by atoms with Crippen molar-refractivity contribution < 1.29 is 4.79 Å². The number of likely N-dealkylation sites (N-methyl/N-ethyl adjacent to an activating group) is 2. The van der Waals surface area contributed by atoms with Crippen molar-refractivity contribution in [1.29, 1.82) is 0 Å². The van der Waals surface area contributed by atoms with E-state index in [9.17, 15) is 4.79 Å². The normalized spacial score (nSPS) is 20.0. The van der Waals surface area contributed by atoms with Crippen LogP contribution in [-0.4, -0.2) is 38.0 Å². The van der Waals surface area contributed by atoms with Gasteiger partial charge in [-0.15, -0.1) is 12.4 Å². The van der Waals surface area contributed by atoms with E-state index in [1.807, 2.05) is 19.0 Å². The van der Waals surface area contributed by atoms with E-state index in [1.165, 1.54) is 11.1 Å². The number of halogens is 1. The van der Waals surface area contributed by atoms with Gasteiger partial charge in [-0.2, -0.15) is 0 Å². The van der Waals surface area contributed by atoms with Crippen LogP contribution in [0, 0.1) is 5.92 Å². The van der Waals surface area contributed by atoms with Gasteiger partial charge in [0.25, 0.3) is 0 Å². The SMILES string of the molecule is CNCCN(C)C(=O)C1CC1c1ccc(C(C)C)cc1.Cl. The molecule has 1 saturated carbocycles. The summed E-state index contributed by atoms with van der Waals surface area (Å²) in [5, 5.41) is 3.08. The molecule has 0 saturated heterocycles. The Morgan fingerprint density at radius 3 is 2.48 bits per heavy atom. The van der Waals surface area contributed by atoms with Crippen molar-refractivity contribution in [2.24, 2.45) is 5.92 Å². The molecular formula is C17H27ClN2O. The molecule has 0 heterocycles. The molecule has 1 aliphatic carbocycles. The summed E-state index contributed by atoms with van der Waals surface area (Å²) in [6, 6.07) is 8.79. The van der Waals surface area contributed by atoms with Crippen molar-refractivity contribution in [3.63, 3.8) is 0 Å². The number of nitrogens with zero attached hydrogens (tertiary/aromatic N) is 1. The Kier molecular flexibility index (Phi) is 6.69. The molecule has 0 bridgehead atoms. The molecular weight excluding hydrogens is 284 g/mol. The van der Waals surface area contributed by atoms with Crippen molar-refractivity contribution in [3.05, 3.63) is 35.4 Å². The maximum Gasteiger partial charge on any atom is 0.226 e. The summed E-state index contributed by atoms with van der Waals surface area (Å²) in [5.74, 6) is 1.48. The van der Waals surface area contributed by atoms with Crippen LogP contribution in [0.15, 0.2) is 24.3 Å². The van der Waals surface area contributed by atoms with Crippen LogP contribution in [0.1, 0.15) is 43.2 Å². The van der Waals surface area contributed by atoms with E-state index in [0.717, 1.165) is 19.5 Å². The Morgan fingerprint density at radius 1 is 1.33 bits per heavy atom. The number of nitrogens with one attached hydrogen (secondary N) is 1. The van der Waals surface area contributed by atoms with E-state index in [-0.39, 0.29) is 24.2 Å². The van der Waals surface area contributed by atoms with Crippen LogP contribution in [0.2, 0.25) is 0 Å². The third-order valence-electron chi connectivity index (χ3n) is 4.21. The van der Waals surface area contributed by atoms with Crippen LogP contribution in [0.3, 0.4) is 0 Å². The van der Waals surface area contributed by atoms with E-state index in [2.05, 4.69) is 43.4 Å². The highest BCUT2D eigenvalue weighted by Gasteiger charge is 2.44. The molecule has 1 aliphatic rings. The molecule has 0 spiro atoms. The van der Waals surface area contributed by atoms with Gasteiger partial charge in [0.1, 0.15) is 0 Å². The van der Waals surface area contributed by atoms with Gasteiger partial charge in [-0.1, -0.05) is 38.1 Å². The molecule has 3 nitrogen and oxygen atoms in total. The van der Waals surface area contributed by atoms with Crippen LogP contribution < -0.4 is 5.32 Å². The third kappa shape index (κ3) is 4.45. The Hall–Kier alpha value is -1.06. The Balaban J connectivity index is 0.00000220. The highest BCUT2D eigenvalue weighted by Crippen LogP contribution is 2.48. The molecule has 2 unspecified atom stereocenters. The summed E-state index contributed by atoms with van der Waals surface area (Å²) in [5.41, 5.74) is 2.68. The summed E-state index contributed by atoms with van der Waals surface area (Å²) in [7, 11) is 3.81. The summed E-state index contributed by atoms with van der Waals surface area (Å²) in [6.07, 6.45) is 1.00. The maximum absolute atomic E-state index is 12.3. The lowest BCUT2D eigenvalue weighted by Gasteiger charge is -2.17. The van der Waals surface area contributed by atoms with Crippen molar-refractivity contribution in [3.8, 4) is 0 Å². The average Bonchev–Trinajstić information content (AvgIpc) is 3.24. The quantitative estimate of drug-likeness (QED) is 0.876. The van der Waals surface area contributed by atoms with Gasteiger partial charge in [0, 0.05) is 26.1 Å². The van der Waals surface area contributed by atoms with E-state index in [0.29, 0.717) is 11.8 Å². The summed E-state index contributed by atoms with van der Waals surface area (Å²) in [4.78, 5) is 14.1. The first-order valence-electron chi connectivity index (χ1n) is 7.54. The zero-order chi connectivity index (χ0) is 14.7. The molecule has 2 rings (SSSR count). The number of hydrogen-bond donors (Lipinski definition) is 1. The number of benzene rings is 1. The minimum absolute atomic E-state index is 0. The Labute approximate surface area is 134 Å². The van der Waals surface area contributed by atoms with Gasteiger partial charge in [0.05, 0.1) is 0 Å². The highest BCUT2D eigenvalue weighted by atomic mass is 35.5. The van der Waals surface area contributed by atoms with Crippen molar-refractivity contribution in [2.45, 2.75) is 32.1 Å². The zero-order valence-corrected chi connectivity index (χ0v) is 14.2. The Morgan fingerprint density at radius 2 is 1.95 bits per heavy atom. The monoisotopic (exact) mass is 310 g/mol. The topological polar surface area (TPSA) is 32.3 Å². The predicted octanol–water partition coefficient (Wildman–Crippen LogP) is 3.01. The number of amides is 1. The minimum Gasteiger partial charge on any atom is -0.344 e. The fraction of sp³-hybridized carbons (Fsp3) is 0.588. The first-order chi connectivity index (χ1) is 9.54. The molecule has 118 valence electrons. The van der Waals surface area contributed by atoms with E-state index in [4.69, 9.17) is 0 Å². The molecule has 1 aromatic rings. The van der Waals surface area contributed by atoms with Gasteiger partial charge in [0.2, 0.25) is 5.91 Å². The lowest BCUT2D eigenvalue weighted by molar-refractivity contribution is -0.131. The standard InChI is InChI=1S/C17H26N2O.ClH/c1-12(2)13-5-7-14(8-6-13)15-11-16(15)17(20)19(4)10-9-18-3;/h5-8,12,15-16,18H,9-11H2,1-4H3;1H. The van der Waals surface area contributed by atoms with Crippen molar-refractivity contribution >= 4 is 18.3 Å². The van der Waals surface area contributed by atoms with Crippen molar-refractivity contribution in [2.75, 3.05) is 27.2 Å². The van der Waals surface area contributed by atoms with E-state index >= 15 is 0 Å². The van der Waals surface area contributed by atoms with Crippen LogP contribution in [0.4, 0.5) is 0 Å². The first kappa shape index (κ1) is 18.0. The molecule has 1 aromatic carbocycles. The number of carbonyl (C=O) groups is 1.